The highest BCUT2D eigenvalue weighted by Crippen LogP contribution is 2.35. The van der Waals surface area contributed by atoms with Crippen LogP contribution in [0.1, 0.15) is 5.56 Å². The highest BCUT2D eigenvalue weighted by atomic mass is 19.1. The number of aromatic nitrogens is 1. The van der Waals surface area contributed by atoms with Gasteiger partial charge in [-0.3, -0.25) is 0 Å². The number of anilines is 1. The van der Waals surface area contributed by atoms with Crippen molar-refractivity contribution >= 4 is 5.69 Å². The molecule has 0 aliphatic heterocycles. The van der Waals surface area contributed by atoms with E-state index in [1.165, 1.54) is 19.4 Å². The van der Waals surface area contributed by atoms with E-state index in [0.29, 0.717) is 28.3 Å². The summed E-state index contributed by atoms with van der Waals surface area (Å²) in [6.07, 6.45) is 1.37. The predicted octanol–water partition coefficient (Wildman–Crippen LogP) is 2.38. The van der Waals surface area contributed by atoms with Gasteiger partial charge in [-0.2, -0.15) is 0 Å². The summed E-state index contributed by atoms with van der Waals surface area (Å²) >= 11 is 0. The summed E-state index contributed by atoms with van der Waals surface area (Å²) in [6.45, 7) is 1.66. The SMILES string of the molecule is COc1cc(C)c(F)cc1-c1oncc1N. The molecule has 0 saturated heterocycles. The van der Waals surface area contributed by atoms with Gasteiger partial charge in [0.15, 0.2) is 5.76 Å². The Bertz CT molecular complexity index is 523. The van der Waals surface area contributed by atoms with Crippen LogP contribution < -0.4 is 10.5 Å². The van der Waals surface area contributed by atoms with Crippen molar-refractivity contribution in [3.8, 4) is 17.1 Å². The van der Waals surface area contributed by atoms with E-state index in [2.05, 4.69) is 5.16 Å². The molecule has 0 saturated carbocycles. The molecular formula is C11H11FN2O2. The molecule has 4 nitrogen and oxygen atoms in total. The third-order valence-electron chi connectivity index (χ3n) is 2.32. The molecule has 0 aliphatic rings. The molecule has 0 amide bonds. The van der Waals surface area contributed by atoms with E-state index >= 15 is 0 Å². The Kier molecular flexibility index (Phi) is 2.52. The monoisotopic (exact) mass is 222 g/mol. The molecule has 0 spiro atoms. The molecule has 0 aliphatic carbocycles. The van der Waals surface area contributed by atoms with Gasteiger partial charge < -0.3 is 15.0 Å². The third kappa shape index (κ3) is 1.60. The first-order valence-corrected chi connectivity index (χ1v) is 4.68. The number of aryl methyl sites for hydroxylation is 1. The Morgan fingerprint density at radius 3 is 2.75 bits per heavy atom. The van der Waals surface area contributed by atoms with Crippen LogP contribution in [0.4, 0.5) is 10.1 Å². The van der Waals surface area contributed by atoms with Crippen LogP contribution in [0.5, 0.6) is 5.75 Å². The van der Waals surface area contributed by atoms with Gasteiger partial charge in [-0.15, -0.1) is 0 Å². The van der Waals surface area contributed by atoms with Crippen molar-refractivity contribution in [3.05, 3.63) is 29.7 Å². The molecule has 1 heterocycles. The Morgan fingerprint density at radius 1 is 1.44 bits per heavy atom. The fourth-order valence-electron chi connectivity index (χ4n) is 1.45. The van der Waals surface area contributed by atoms with Gasteiger partial charge in [-0.05, 0) is 24.6 Å². The number of ether oxygens (including phenoxy) is 1. The number of halogens is 1. The quantitative estimate of drug-likeness (QED) is 0.847. The molecule has 0 atom stereocenters. The predicted molar refractivity (Wildman–Crippen MR) is 57.6 cm³/mol. The summed E-state index contributed by atoms with van der Waals surface area (Å²) in [5, 5.41) is 3.55. The molecule has 2 aromatic rings. The standard InChI is InChI=1S/C11H11FN2O2/c1-6-3-10(15-2)7(4-8(6)12)11-9(13)5-14-16-11/h3-5H,13H2,1-2H3. The van der Waals surface area contributed by atoms with Crippen LogP contribution in [0.25, 0.3) is 11.3 Å². The molecule has 1 aromatic heterocycles. The number of methoxy groups -OCH3 is 1. The van der Waals surface area contributed by atoms with Gasteiger partial charge in [0.2, 0.25) is 0 Å². The number of rotatable bonds is 2. The molecule has 84 valence electrons. The number of hydrogen-bond donors (Lipinski definition) is 1. The zero-order valence-electron chi connectivity index (χ0n) is 8.95. The van der Waals surface area contributed by atoms with Gasteiger partial charge in [-0.25, -0.2) is 4.39 Å². The minimum atomic E-state index is -0.341. The van der Waals surface area contributed by atoms with Crippen LogP contribution in [-0.2, 0) is 0 Å². The van der Waals surface area contributed by atoms with Crippen LogP contribution in [0.3, 0.4) is 0 Å². The van der Waals surface area contributed by atoms with E-state index in [-0.39, 0.29) is 5.82 Å². The zero-order chi connectivity index (χ0) is 11.7. The summed E-state index contributed by atoms with van der Waals surface area (Å²) in [5.41, 5.74) is 6.96. The van der Waals surface area contributed by atoms with Crippen molar-refractivity contribution in [2.24, 2.45) is 0 Å². The minimum Gasteiger partial charge on any atom is -0.496 e. The molecule has 0 fully saturated rings. The number of benzene rings is 1. The number of nitrogen functional groups attached to an aromatic ring is 1. The molecule has 0 bridgehead atoms. The number of hydrogen-bond acceptors (Lipinski definition) is 4. The molecule has 16 heavy (non-hydrogen) atoms. The van der Waals surface area contributed by atoms with Crippen LogP contribution in [-0.4, -0.2) is 12.3 Å². The topological polar surface area (TPSA) is 61.3 Å². The molecule has 0 radical (unpaired) electrons. The summed E-state index contributed by atoms with van der Waals surface area (Å²) < 4.78 is 23.6. The first kappa shape index (κ1) is 10.5. The summed E-state index contributed by atoms with van der Waals surface area (Å²) in [7, 11) is 1.50. The lowest BCUT2D eigenvalue weighted by atomic mass is 10.1. The van der Waals surface area contributed by atoms with E-state index in [4.69, 9.17) is 15.0 Å². The van der Waals surface area contributed by atoms with Gasteiger partial charge in [0.1, 0.15) is 17.3 Å². The largest absolute Gasteiger partial charge is 0.496 e. The van der Waals surface area contributed by atoms with Crippen LogP contribution in [0.2, 0.25) is 0 Å². The minimum absolute atomic E-state index is 0.316. The highest BCUT2D eigenvalue weighted by Gasteiger charge is 2.16. The summed E-state index contributed by atoms with van der Waals surface area (Å²) in [6, 6.07) is 2.91. The van der Waals surface area contributed by atoms with E-state index in [1.807, 2.05) is 0 Å². The van der Waals surface area contributed by atoms with Crippen molar-refractivity contribution in [3.63, 3.8) is 0 Å². The second kappa shape index (κ2) is 3.84. The first-order valence-electron chi connectivity index (χ1n) is 4.68. The van der Waals surface area contributed by atoms with Crippen molar-refractivity contribution in [2.75, 3.05) is 12.8 Å². The molecule has 2 N–H and O–H groups in total. The van der Waals surface area contributed by atoms with E-state index in [0.717, 1.165) is 0 Å². The zero-order valence-corrected chi connectivity index (χ0v) is 8.95. The van der Waals surface area contributed by atoms with Gasteiger partial charge >= 0.3 is 0 Å². The lowest BCUT2D eigenvalue weighted by Gasteiger charge is -2.08. The Hall–Kier alpha value is -2.04. The summed E-state index contributed by atoms with van der Waals surface area (Å²) in [5.74, 6) is 0.477. The van der Waals surface area contributed by atoms with Crippen LogP contribution >= 0.6 is 0 Å². The molecule has 2 rings (SSSR count). The van der Waals surface area contributed by atoms with E-state index < -0.39 is 0 Å². The van der Waals surface area contributed by atoms with Crippen molar-refractivity contribution in [1.82, 2.24) is 5.16 Å². The smallest absolute Gasteiger partial charge is 0.193 e. The van der Waals surface area contributed by atoms with E-state index in [1.54, 1.807) is 13.0 Å². The molecular weight excluding hydrogens is 211 g/mol. The van der Waals surface area contributed by atoms with Gasteiger partial charge in [0.05, 0.1) is 18.9 Å². The lowest BCUT2D eigenvalue weighted by molar-refractivity contribution is 0.404. The normalized spacial score (nSPS) is 10.4. The average molecular weight is 222 g/mol. The van der Waals surface area contributed by atoms with Crippen molar-refractivity contribution in [1.29, 1.82) is 0 Å². The fourth-order valence-corrected chi connectivity index (χ4v) is 1.45. The lowest BCUT2D eigenvalue weighted by Crippen LogP contribution is -1.93. The maximum atomic E-state index is 13.5. The molecule has 0 unspecified atom stereocenters. The number of nitrogens with zero attached hydrogens (tertiary/aromatic N) is 1. The first-order chi connectivity index (χ1) is 7.63. The Balaban J connectivity index is 2.64. The van der Waals surface area contributed by atoms with Crippen LogP contribution in [0, 0.1) is 12.7 Å². The van der Waals surface area contributed by atoms with E-state index in [9.17, 15) is 4.39 Å². The van der Waals surface area contributed by atoms with Gasteiger partial charge in [0, 0.05) is 0 Å². The van der Waals surface area contributed by atoms with Crippen molar-refractivity contribution in [2.45, 2.75) is 6.92 Å². The third-order valence-corrected chi connectivity index (χ3v) is 2.32. The van der Waals surface area contributed by atoms with Crippen LogP contribution in [0.15, 0.2) is 22.9 Å². The molecule has 1 aromatic carbocycles. The summed E-state index contributed by atoms with van der Waals surface area (Å²) in [4.78, 5) is 0. The fraction of sp³-hybridized carbons (Fsp3) is 0.182. The van der Waals surface area contributed by atoms with Crippen molar-refractivity contribution < 1.29 is 13.7 Å². The second-order valence-electron chi connectivity index (χ2n) is 3.41. The highest BCUT2D eigenvalue weighted by molar-refractivity contribution is 5.75. The maximum Gasteiger partial charge on any atom is 0.193 e. The average Bonchev–Trinajstić information content (AvgIpc) is 2.68. The van der Waals surface area contributed by atoms with Gasteiger partial charge in [0.25, 0.3) is 0 Å². The van der Waals surface area contributed by atoms with Gasteiger partial charge in [-0.1, -0.05) is 5.16 Å². The second-order valence-corrected chi connectivity index (χ2v) is 3.41. The maximum absolute atomic E-state index is 13.5. The Labute approximate surface area is 91.8 Å². The molecule has 5 heteroatoms. The Morgan fingerprint density at radius 2 is 2.19 bits per heavy atom. The number of nitrogens with two attached hydrogens (primary N) is 1.